The Bertz CT molecular complexity index is 1060. The van der Waals surface area contributed by atoms with Gasteiger partial charge in [0.25, 0.3) is 5.91 Å². The summed E-state index contributed by atoms with van der Waals surface area (Å²) in [6.45, 7) is 3.34. The summed E-state index contributed by atoms with van der Waals surface area (Å²) >= 11 is 0. The summed E-state index contributed by atoms with van der Waals surface area (Å²) in [5.41, 5.74) is 1.98. The number of nitrogens with one attached hydrogen (secondary N) is 3. The van der Waals surface area contributed by atoms with E-state index in [1.807, 2.05) is 13.8 Å². The zero-order chi connectivity index (χ0) is 25.6. The van der Waals surface area contributed by atoms with E-state index in [0.717, 1.165) is 18.4 Å². The van der Waals surface area contributed by atoms with E-state index >= 15 is 0 Å². The predicted molar refractivity (Wildman–Crippen MR) is 126 cm³/mol. The van der Waals surface area contributed by atoms with E-state index in [4.69, 9.17) is 5.26 Å². The highest BCUT2D eigenvalue weighted by molar-refractivity contribution is 5.95. The number of amides is 2. The number of hydrogen-bond acceptors (Lipinski definition) is 4. The molecule has 1 aliphatic rings. The minimum Gasteiger partial charge on any atom is -0.349 e. The molecule has 6 nitrogen and oxygen atoms in total. The number of rotatable bonds is 10. The van der Waals surface area contributed by atoms with Crippen molar-refractivity contribution in [3.8, 4) is 17.2 Å². The lowest BCUT2D eigenvalue weighted by atomic mass is 9.97. The molecule has 0 aromatic heterocycles. The van der Waals surface area contributed by atoms with Crippen LogP contribution in [0.2, 0.25) is 0 Å². The molecule has 0 spiro atoms. The van der Waals surface area contributed by atoms with Crippen molar-refractivity contribution < 1.29 is 22.8 Å². The van der Waals surface area contributed by atoms with Gasteiger partial charge in [-0.15, -0.1) is 0 Å². The molecule has 2 aromatic carbocycles. The molecule has 3 N–H and O–H groups in total. The number of carbonyl (C=O) groups excluding carboxylic acids is 2. The number of nitrogens with zero attached hydrogens (tertiary/aromatic N) is 1. The molecule has 0 heterocycles. The second-order valence-corrected chi connectivity index (χ2v) is 9.15. The maximum Gasteiger partial charge on any atom is 0.407 e. The van der Waals surface area contributed by atoms with Crippen molar-refractivity contribution in [1.82, 2.24) is 16.0 Å². The first kappa shape index (κ1) is 26.2. The van der Waals surface area contributed by atoms with Gasteiger partial charge in [-0.05, 0) is 54.0 Å². The third-order valence-corrected chi connectivity index (χ3v) is 5.70. The standard InChI is InChI=1S/C26H29F3N4O2/c1-16(2)15-22(25(35)31-14-13-30)33-23(26(27,28)29)19-7-3-17(4-8-19)18-5-9-20(10-6-18)24(34)32-21-11-12-21/h3-10,16,21-23,33H,11-12,14-15H2,1-2H3,(H,31,35)(H,32,34)/t22-,23?/m0/s1. The molecule has 3 rings (SSSR count). The third kappa shape index (κ3) is 7.55. The van der Waals surface area contributed by atoms with Gasteiger partial charge in [-0.3, -0.25) is 14.9 Å². The SMILES string of the molecule is CC(C)C[C@H](NC(c1ccc(-c2ccc(C(=O)NC3CC3)cc2)cc1)C(F)(F)F)C(=O)NCC#N. The van der Waals surface area contributed by atoms with Gasteiger partial charge < -0.3 is 10.6 Å². The van der Waals surface area contributed by atoms with Crippen LogP contribution in [-0.2, 0) is 4.79 Å². The smallest absolute Gasteiger partial charge is 0.349 e. The van der Waals surface area contributed by atoms with E-state index in [2.05, 4.69) is 16.0 Å². The molecule has 1 unspecified atom stereocenters. The van der Waals surface area contributed by atoms with Crippen LogP contribution in [0.25, 0.3) is 11.1 Å². The molecule has 9 heteroatoms. The number of halogens is 3. The fourth-order valence-corrected chi connectivity index (χ4v) is 3.73. The predicted octanol–water partition coefficient (Wildman–Crippen LogP) is 4.49. The van der Waals surface area contributed by atoms with Crippen LogP contribution in [0.1, 0.15) is 55.1 Å². The van der Waals surface area contributed by atoms with E-state index < -0.39 is 24.2 Å². The van der Waals surface area contributed by atoms with E-state index in [9.17, 15) is 22.8 Å². The van der Waals surface area contributed by atoms with Gasteiger partial charge in [0.1, 0.15) is 12.6 Å². The van der Waals surface area contributed by atoms with Crippen molar-refractivity contribution in [2.24, 2.45) is 5.92 Å². The van der Waals surface area contributed by atoms with E-state index in [0.29, 0.717) is 11.1 Å². The molecule has 0 aliphatic heterocycles. The number of hydrogen-bond donors (Lipinski definition) is 3. The van der Waals surface area contributed by atoms with Crippen molar-refractivity contribution in [2.75, 3.05) is 6.54 Å². The van der Waals surface area contributed by atoms with Crippen molar-refractivity contribution in [3.63, 3.8) is 0 Å². The molecule has 186 valence electrons. The number of benzene rings is 2. The van der Waals surface area contributed by atoms with Crippen molar-refractivity contribution in [1.29, 1.82) is 5.26 Å². The van der Waals surface area contributed by atoms with Crippen LogP contribution in [-0.4, -0.2) is 36.6 Å². The normalized spacial score (nSPS) is 15.2. The van der Waals surface area contributed by atoms with Gasteiger partial charge >= 0.3 is 6.18 Å². The van der Waals surface area contributed by atoms with Crippen molar-refractivity contribution in [2.45, 2.75) is 57.4 Å². The fraction of sp³-hybridized carbons (Fsp3) is 0.423. The Labute approximate surface area is 202 Å². The summed E-state index contributed by atoms with van der Waals surface area (Å²) in [7, 11) is 0. The molecule has 2 amide bonds. The first-order chi connectivity index (χ1) is 16.6. The number of carbonyl (C=O) groups is 2. The molecular formula is C26H29F3N4O2. The summed E-state index contributed by atoms with van der Waals surface area (Å²) in [5, 5.41) is 16.4. The average molecular weight is 487 g/mol. The minimum absolute atomic E-state index is 0.0245. The van der Waals surface area contributed by atoms with Crippen LogP contribution in [0.4, 0.5) is 13.2 Å². The summed E-state index contributed by atoms with van der Waals surface area (Å²) in [5.74, 6) is -0.814. The summed E-state index contributed by atoms with van der Waals surface area (Å²) < 4.78 is 41.9. The van der Waals surface area contributed by atoms with Gasteiger partial charge in [0, 0.05) is 11.6 Å². The van der Waals surface area contributed by atoms with Gasteiger partial charge in [-0.2, -0.15) is 18.4 Å². The molecule has 1 saturated carbocycles. The quantitative estimate of drug-likeness (QED) is 0.431. The third-order valence-electron chi connectivity index (χ3n) is 5.70. The van der Waals surface area contributed by atoms with E-state index in [-0.39, 0.29) is 36.4 Å². The Balaban J connectivity index is 1.77. The average Bonchev–Trinajstić information content (AvgIpc) is 3.63. The fourth-order valence-electron chi connectivity index (χ4n) is 3.73. The molecule has 35 heavy (non-hydrogen) atoms. The second kappa shape index (κ2) is 11.4. The highest BCUT2D eigenvalue weighted by Gasteiger charge is 2.42. The van der Waals surface area contributed by atoms with Crippen LogP contribution in [0.5, 0.6) is 0 Å². The lowest BCUT2D eigenvalue weighted by molar-refractivity contribution is -0.161. The Morgan fingerprint density at radius 2 is 1.60 bits per heavy atom. The minimum atomic E-state index is -4.64. The zero-order valence-electron chi connectivity index (χ0n) is 19.7. The summed E-state index contributed by atoms with van der Waals surface area (Å²) in [6, 6.07) is 11.7. The molecule has 1 aliphatic carbocycles. The molecule has 2 aromatic rings. The Morgan fingerprint density at radius 1 is 1.03 bits per heavy atom. The zero-order valence-corrected chi connectivity index (χ0v) is 19.7. The monoisotopic (exact) mass is 486 g/mol. The van der Waals surface area contributed by atoms with Gasteiger partial charge in [0.15, 0.2) is 0 Å². The van der Waals surface area contributed by atoms with Crippen LogP contribution in [0, 0.1) is 17.2 Å². The van der Waals surface area contributed by atoms with Crippen LogP contribution < -0.4 is 16.0 Å². The van der Waals surface area contributed by atoms with Crippen LogP contribution in [0.3, 0.4) is 0 Å². The molecule has 2 atom stereocenters. The Morgan fingerprint density at radius 3 is 2.09 bits per heavy atom. The molecule has 0 bridgehead atoms. The van der Waals surface area contributed by atoms with Gasteiger partial charge in [0.05, 0.1) is 12.1 Å². The lowest BCUT2D eigenvalue weighted by Gasteiger charge is -2.28. The Kier molecular flexibility index (Phi) is 8.52. The van der Waals surface area contributed by atoms with E-state index in [1.165, 1.54) is 12.1 Å². The highest BCUT2D eigenvalue weighted by atomic mass is 19.4. The Hall–Kier alpha value is -3.38. The number of alkyl halides is 3. The highest BCUT2D eigenvalue weighted by Crippen LogP contribution is 2.34. The maximum absolute atomic E-state index is 14.0. The van der Waals surface area contributed by atoms with Gasteiger partial charge in [0.2, 0.25) is 5.91 Å². The lowest BCUT2D eigenvalue weighted by Crippen LogP contribution is -2.49. The summed E-state index contributed by atoms with van der Waals surface area (Å²) in [4.78, 5) is 24.5. The van der Waals surface area contributed by atoms with Crippen molar-refractivity contribution in [3.05, 3.63) is 59.7 Å². The molecule has 0 radical (unpaired) electrons. The first-order valence-electron chi connectivity index (χ1n) is 11.6. The van der Waals surface area contributed by atoms with Crippen LogP contribution >= 0.6 is 0 Å². The van der Waals surface area contributed by atoms with E-state index in [1.54, 1.807) is 42.5 Å². The first-order valence-corrected chi connectivity index (χ1v) is 11.6. The molecular weight excluding hydrogens is 457 g/mol. The molecule has 1 fully saturated rings. The topological polar surface area (TPSA) is 94.0 Å². The largest absolute Gasteiger partial charge is 0.407 e. The van der Waals surface area contributed by atoms with Gasteiger partial charge in [-0.25, -0.2) is 0 Å². The summed E-state index contributed by atoms with van der Waals surface area (Å²) in [6.07, 6.45) is -2.47. The van der Waals surface area contributed by atoms with Gasteiger partial charge in [-0.1, -0.05) is 50.2 Å². The maximum atomic E-state index is 14.0. The van der Waals surface area contributed by atoms with Crippen molar-refractivity contribution >= 4 is 11.8 Å². The van der Waals surface area contributed by atoms with Crippen LogP contribution in [0.15, 0.2) is 48.5 Å². The second-order valence-electron chi connectivity index (χ2n) is 9.15. The number of nitriles is 1. The molecule has 0 saturated heterocycles.